The van der Waals surface area contributed by atoms with Gasteiger partial charge in [0.25, 0.3) is 0 Å². The average Bonchev–Trinajstić information content (AvgIpc) is 2.68. The van der Waals surface area contributed by atoms with E-state index in [4.69, 9.17) is 11.6 Å². The monoisotopic (exact) mass is 296 g/mol. The fraction of sp³-hybridized carbons (Fsp3) is 0.158. The van der Waals surface area contributed by atoms with E-state index in [-0.39, 0.29) is 11.2 Å². The summed E-state index contributed by atoms with van der Waals surface area (Å²) in [4.78, 5) is 0. The van der Waals surface area contributed by atoms with Crippen molar-refractivity contribution in [3.8, 4) is 11.1 Å². The molecule has 0 unspecified atom stereocenters. The van der Waals surface area contributed by atoms with Crippen molar-refractivity contribution in [1.29, 1.82) is 0 Å². The van der Waals surface area contributed by atoms with Crippen molar-refractivity contribution in [2.24, 2.45) is 0 Å². The molecule has 0 aliphatic heterocycles. The summed E-state index contributed by atoms with van der Waals surface area (Å²) in [7, 11) is 0. The van der Waals surface area contributed by atoms with Crippen LogP contribution in [0.4, 0.5) is 4.39 Å². The first kappa shape index (κ1) is 12.8. The molecule has 0 N–H and O–H groups in total. The van der Waals surface area contributed by atoms with Gasteiger partial charge in [-0.05, 0) is 45.8 Å². The van der Waals surface area contributed by atoms with Crippen molar-refractivity contribution in [2.45, 2.75) is 19.3 Å². The Morgan fingerprint density at radius 3 is 2.38 bits per heavy atom. The molecule has 2 heteroatoms. The van der Waals surface area contributed by atoms with Crippen molar-refractivity contribution >= 4 is 22.4 Å². The van der Waals surface area contributed by atoms with E-state index < -0.39 is 0 Å². The van der Waals surface area contributed by atoms with Gasteiger partial charge in [0, 0.05) is 15.8 Å². The highest BCUT2D eigenvalue weighted by atomic mass is 35.5. The zero-order valence-corrected chi connectivity index (χ0v) is 12.6. The standard InChI is InChI=1S/C19H14ClF/c1-19(2)15-9-11(20)7-8-14(15)18-13-6-4-3-5-12(13)17(21)10-16(18)19/h3-10H,1-2H3. The second-order valence-electron chi connectivity index (χ2n) is 6.14. The second-order valence-corrected chi connectivity index (χ2v) is 6.58. The van der Waals surface area contributed by atoms with Gasteiger partial charge in [-0.2, -0.15) is 0 Å². The zero-order chi connectivity index (χ0) is 14.8. The van der Waals surface area contributed by atoms with Gasteiger partial charge < -0.3 is 0 Å². The summed E-state index contributed by atoms with van der Waals surface area (Å²) >= 11 is 6.17. The molecule has 0 saturated heterocycles. The van der Waals surface area contributed by atoms with E-state index in [1.807, 2.05) is 36.4 Å². The summed E-state index contributed by atoms with van der Waals surface area (Å²) in [5, 5.41) is 2.37. The number of hydrogen-bond donors (Lipinski definition) is 0. The molecule has 0 heterocycles. The Kier molecular flexibility index (Phi) is 2.50. The van der Waals surface area contributed by atoms with E-state index in [0.29, 0.717) is 5.39 Å². The summed E-state index contributed by atoms with van der Waals surface area (Å²) in [6, 6.07) is 15.3. The molecular weight excluding hydrogens is 283 g/mol. The zero-order valence-electron chi connectivity index (χ0n) is 11.9. The summed E-state index contributed by atoms with van der Waals surface area (Å²) in [5.74, 6) is -0.156. The number of halogens is 2. The Balaban J connectivity index is 2.22. The van der Waals surface area contributed by atoms with Gasteiger partial charge in [0.1, 0.15) is 5.82 Å². The van der Waals surface area contributed by atoms with Gasteiger partial charge in [-0.15, -0.1) is 0 Å². The minimum Gasteiger partial charge on any atom is -0.206 e. The van der Waals surface area contributed by atoms with Gasteiger partial charge in [0.05, 0.1) is 0 Å². The van der Waals surface area contributed by atoms with Crippen molar-refractivity contribution in [2.75, 3.05) is 0 Å². The van der Waals surface area contributed by atoms with Crippen molar-refractivity contribution in [1.82, 2.24) is 0 Å². The maximum atomic E-state index is 14.5. The summed E-state index contributed by atoms with van der Waals surface area (Å²) in [6.07, 6.45) is 0. The number of hydrogen-bond acceptors (Lipinski definition) is 0. The number of rotatable bonds is 0. The van der Waals surface area contributed by atoms with Gasteiger partial charge in [-0.25, -0.2) is 4.39 Å². The lowest BCUT2D eigenvalue weighted by Gasteiger charge is -2.22. The number of benzene rings is 3. The molecule has 0 atom stereocenters. The van der Waals surface area contributed by atoms with Gasteiger partial charge in [0.15, 0.2) is 0 Å². The van der Waals surface area contributed by atoms with Gasteiger partial charge in [0.2, 0.25) is 0 Å². The molecular formula is C19H14ClF. The highest BCUT2D eigenvalue weighted by molar-refractivity contribution is 6.30. The van der Waals surface area contributed by atoms with E-state index in [1.54, 1.807) is 6.07 Å². The fourth-order valence-corrected chi connectivity index (χ4v) is 3.68. The first-order chi connectivity index (χ1) is 10.00. The molecule has 1 aliphatic rings. The predicted octanol–water partition coefficient (Wildman–Crippen LogP) is 5.94. The van der Waals surface area contributed by atoms with Crippen LogP contribution in [0.2, 0.25) is 5.02 Å². The van der Waals surface area contributed by atoms with E-state index in [1.165, 1.54) is 5.56 Å². The molecule has 104 valence electrons. The number of fused-ring (bicyclic) bond motifs is 5. The minimum atomic E-state index is -0.236. The Bertz CT molecular complexity index is 893. The quantitative estimate of drug-likeness (QED) is 0.481. The summed E-state index contributed by atoms with van der Waals surface area (Å²) in [6.45, 7) is 4.25. The van der Waals surface area contributed by atoms with Crippen LogP contribution in [-0.4, -0.2) is 0 Å². The molecule has 0 spiro atoms. The van der Waals surface area contributed by atoms with Crippen LogP contribution in [0.5, 0.6) is 0 Å². The molecule has 0 fully saturated rings. The van der Waals surface area contributed by atoms with Crippen LogP contribution in [0.1, 0.15) is 25.0 Å². The van der Waals surface area contributed by atoms with Crippen molar-refractivity contribution in [3.63, 3.8) is 0 Å². The minimum absolute atomic E-state index is 0.156. The van der Waals surface area contributed by atoms with Crippen LogP contribution in [0.3, 0.4) is 0 Å². The lowest BCUT2D eigenvalue weighted by atomic mass is 9.82. The fourth-order valence-electron chi connectivity index (χ4n) is 3.51. The lowest BCUT2D eigenvalue weighted by Crippen LogP contribution is -2.15. The van der Waals surface area contributed by atoms with Crippen LogP contribution < -0.4 is 0 Å². The largest absolute Gasteiger partial charge is 0.206 e. The molecule has 3 aromatic carbocycles. The molecule has 3 aromatic rings. The van der Waals surface area contributed by atoms with Crippen LogP contribution in [0.15, 0.2) is 48.5 Å². The smallest absolute Gasteiger partial charge is 0.131 e. The Morgan fingerprint density at radius 1 is 0.905 bits per heavy atom. The first-order valence-corrected chi connectivity index (χ1v) is 7.40. The first-order valence-electron chi connectivity index (χ1n) is 7.02. The third-order valence-corrected chi connectivity index (χ3v) is 4.83. The van der Waals surface area contributed by atoms with E-state index in [9.17, 15) is 4.39 Å². The third kappa shape index (κ3) is 1.61. The molecule has 4 rings (SSSR count). The molecule has 1 aliphatic carbocycles. The molecule has 0 saturated carbocycles. The maximum absolute atomic E-state index is 14.5. The van der Waals surface area contributed by atoms with E-state index in [2.05, 4.69) is 19.9 Å². The highest BCUT2D eigenvalue weighted by Crippen LogP contribution is 2.52. The van der Waals surface area contributed by atoms with Crippen molar-refractivity contribution in [3.05, 3.63) is 70.5 Å². The Labute approximate surface area is 128 Å². The topological polar surface area (TPSA) is 0 Å². The van der Waals surface area contributed by atoms with Gasteiger partial charge in [-0.3, -0.25) is 0 Å². The maximum Gasteiger partial charge on any atom is 0.131 e. The van der Waals surface area contributed by atoms with E-state index >= 15 is 0 Å². The Hall–Kier alpha value is -1.86. The van der Waals surface area contributed by atoms with Crippen LogP contribution in [0.25, 0.3) is 21.9 Å². The summed E-state index contributed by atoms with van der Waals surface area (Å²) in [5.41, 5.74) is 4.27. The van der Waals surface area contributed by atoms with Crippen LogP contribution >= 0.6 is 11.6 Å². The molecule has 21 heavy (non-hydrogen) atoms. The summed E-state index contributed by atoms with van der Waals surface area (Å²) < 4.78 is 14.5. The molecule has 0 aromatic heterocycles. The highest BCUT2D eigenvalue weighted by Gasteiger charge is 2.37. The molecule has 0 bridgehead atoms. The molecule has 0 radical (unpaired) electrons. The van der Waals surface area contributed by atoms with E-state index in [0.717, 1.165) is 27.1 Å². The third-order valence-electron chi connectivity index (χ3n) is 4.59. The molecule has 0 amide bonds. The predicted molar refractivity (Wildman–Crippen MR) is 86.5 cm³/mol. The average molecular weight is 297 g/mol. The molecule has 0 nitrogen and oxygen atoms in total. The SMILES string of the molecule is CC1(C)c2cc(Cl)ccc2-c2c1cc(F)c1ccccc21. The lowest BCUT2D eigenvalue weighted by molar-refractivity contribution is 0.619. The second kappa shape index (κ2) is 4.08. The van der Waals surface area contributed by atoms with Crippen LogP contribution in [-0.2, 0) is 5.41 Å². The van der Waals surface area contributed by atoms with Gasteiger partial charge in [-0.1, -0.05) is 55.8 Å². The van der Waals surface area contributed by atoms with Crippen molar-refractivity contribution < 1.29 is 4.39 Å². The normalized spacial score (nSPS) is 15.0. The van der Waals surface area contributed by atoms with Gasteiger partial charge >= 0.3 is 0 Å². The van der Waals surface area contributed by atoms with Crippen LogP contribution in [0, 0.1) is 5.82 Å². The Morgan fingerprint density at radius 2 is 1.62 bits per heavy atom.